The van der Waals surface area contributed by atoms with Gasteiger partial charge in [0.2, 0.25) is 6.79 Å². The van der Waals surface area contributed by atoms with Crippen LogP contribution in [0.5, 0.6) is 17.2 Å². The first-order valence-corrected chi connectivity index (χ1v) is 9.89. The molecule has 0 saturated carbocycles. The summed E-state index contributed by atoms with van der Waals surface area (Å²) in [5.74, 6) is 1.64. The average Bonchev–Trinajstić information content (AvgIpc) is 3.31. The zero-order chi connectivity index (χ0) is 20.4. The van der Waals surface area contributed by atoms with Crippen LogP contribution in [0.4, 0.5) is 0 Å². The number of carboxylic acid groups (broad SMARTS) is 1. The summed E-state index contributed by atoms with van der Waals surface area (Å²) < 4.78 is 16.0. The lowest BCUT2D eigenvalue weighted by atomic mass is 10.2. The Balaban J connectivity index is 1.44. The van der Waals surface area contributed by atoms with Crippen molar-refractivity contribution in [2.75, 3.05) is 13.4 Å². The van der Waals surface area contributed by atoms with Crippen LogP contribution in [-0.2, 0) is 10.5 Å². The number of carboxylic acids is 1. The third-order valence-electron chi connectivity index (χ3n) is 4.34. The van der Waals surface area contributed by atoms with E-state index in [1.807, 2.05) is 44.2 Å². The van der Waals surface area contributed by atoms with Gasteiger partial charge < -0.3 is 19.3 Å². The van der Waals surface area contributed by atoms with E-state index in [-0.39, 0.29) is 13.4 Å². The number of benzene rings is 2. The maximum absolute atomic E-state index is 10.6. The molecule has 0 radical (unpaired) electrons. The fourth-order valence-corrected chi connectivity index (χ4v) is 3.83. The molecule has 0 bridgehead atoms. The molecule has 2 heterocycles. The topological polar surface area (TPSA) is 95.7 Å². The van der Waals surface area contributed by atoms with Crippen LogP contribution in [0.1, 0.15) is 17.0 Å². The van der Waals surface area contributed by atoms with Crippen LogP contribution in [0.2, 0.25) is 0 Å². The first kappa shape index (κ1) is 19.1. The number of hydrogen-bond acceptors (Lipinski definition) is 7. The predicted octanol–water partition coefficient (Wildman–Crippen LogP) is 3.37. The van der Waals surface area contributed by atoms with Gasteiger partial charge in [-0.05, 0) is 49.7 Å². The fraction of sp³-hybridized carbons (Fsp3) is 0.250. The van der Waals surface area contributed by atoms with Crippen molar-refractivity contribution in [2.45, 2.75) is 24.5 Å². The molecule has 1 aromatic heterocycles. The number of aryl methyl sites for hydroxylation is 2. The molecule has 9 heteroatoms. The van der Waals surface area contributed by atoms with Crippen LogP contribution in [-0.4, -0.2) is 39.5 Å². The number of hydrogen-bond donors (Lipinski definition) is 1. The number of aliphatic carboxylic acids is 1. The van der Waals surface area contributed by atoms with E-state index in [4.69, 9.17) is 19.3 Å². The molecule has 150 valence electrons. The molecule has 8 nitrogen and oxygen atoms in total. The van der Waals surface area contributed by atoms with Crippen molar-refractivity contribution in [3.05, 3.63) is 53.3 Å². The van der Waals surface area contributed by atoms with Gasteiger partial charge in [0.05, 0.1) is 17.1 Å². The number of fused-ring (bicyclic) bond motifs is 1. The summed E-state index contributed by atoms with van der Waals surface area (Å²) in [5, 5.41) is 17.8. The van der Waals surface area contributed by atoms with Gasteiger partial charge >= 0.3 is 5.97 Å². The van der Waals surface area contributed by atoms with E-state index >= 15 is 0 Å². The van der Waals surface area contributed by atoms with Crippen LogP contribution in [0.15, 0.2) is 41.3 Å². The summed E-state index contributed by atoms with van der Waals surface area (Å²) in [6.07, 6.45) is 0. The Kier molecular flexibility index (Phi) is 5.30. The molecule has 0 amide bonds. The highest BCUT2D eigenvalue weighted by molar-refractivity contribution is 7.98. The quantitative estimate of drug-likeness (QED) is 0.589. The van der Waals surface area contributed by atoms with Gasteiger partial charge in [-0.25, -0.2) is 4.79 Å². The maximum Gasteiger partial charge on any atom is 0.341 e. The molecular weight excluding hydrogens is 394 g/mol. The molecule has 0 fully saturated rings. The zero-order valence-electron chi connectivity index (χ0n) is 15.9. The van der Waals surface area contributed by atoms with E-state index in [9.17, 15) is 4.79 Å². The molecule has 1 aliphatic heterocycles. The van der Waals surface area contributed by atoms with E-state index < -0.39 is 5.97 Å². The normalized spacial score (nSPS) is 12.2. The summed E-state index contributed by atoms with van der Waals surface area (Å²) in [6.45, 7) is 3.70. The summed E-state index contributed by atoms with van der Waals surface area (Å²) in [6, 6.07) is 11.3. The first-order chi connectivity index (χ1) is 14.0. The van der Waals surface area contributed by atoms with Gasteiger partial charge in [-0.15, -0.1) is 11.8 Å². The van der Waals surface area contributed by atoms with E-state index in [1.165, 1.54) is 0 Å². The van der Waals surface area contributed by atoms with E-state index in [0.29, 0.717) is 17.3 Å². The van der Waals surface area contributed by atoms with Gasteiger partial charge in [0.25, 0.3) is 0 Å². The van der Waals surface area contributed by atoms with Crippen molar-refractivity contribution in [1.82, 2.24) is 15.0 Å². The molecule has 2 aromatic carbocycles. The minimum Gasteiger partial charge on any atom is -0.482 e. The first-order valence-electron chi connectivity index (χ1n) is 8.90. The molecule has 3 aromatic rings. The summed E-state index contributed by atoms with van der Waals surface area (Å²) >= 11 is 1.63. The Morgan fingerprint density at radius 1 is 1.17 bits per heavy atom. The SMILES string of the molecule is Cc1cc(SCc2nn(-c3ccc4c(c3)OCO4)nc2C)ccc1OCC(=O)O. The molecule has 0 atom stereocenters. The smallest absolute Gasteiger partial charge is 0.341 e. The number of carbonyl (C=O) groups is 1. The Bertz CT molecular complexity index is 1070. The van der Waals surface area contributed by atoms with Crippen molar-refractivity contribution >= 4 is 17.7 Å². The lowest BCUT2D eigenvalue weighted by molar-refractivity contribution is -0.139. The van der Waals surface area contributed by atoms with Crippen LogP contribution in [0.3, 0.4) is 0 Å². The second kappa shape index (κ2) is 8.04. The van der Waals surface area contributed by atoms with Crippen LogP contribution < -0.4 is 14.2 Å². The van der Waals surface area contributed by atoms with E-state index in [2.05, 4.69) is 10.2 Å². The van der Waals surface area contributed by atoms with E-state index in [0.717, 1.165) is 33.3 Å². The molecule has 0 aliphatic carbocycles. The van der Waals surface area contributed by atoms with Crippen molar-refractivity contribution in [3.63, 3.8) is 0 Å². The summed E-state index contributed by atoms with van der Waals surface area (Å²) in [5.41, 5.74) is 3.44. The van der Waals surface area contributed by atoms with Gasteiger partial charge in [0, 0.05) is 16.7 Å². The maximum atomic E-state index is 10.6. The van der Waals surface area contributed by atoms with Crippen LogP contribution in [0, 0.1) is 13.8 Å². The van der Waals surface area contributed by atoms with Crippen molar-refractivity contribution < 1.29 is 24.1 Å². The average molecular weight is 413 g/mol. The lowest BCUT2D eigenvalue weighted by Crippen LogP contribution is -2.09. The van der Waals surface area contributed by atoms with Crippen LogP contribution in [0.25, 0.3) is 5.69 Å². The lowest BCUT2D eigenvalue weighted by Gasteiger charge is -2.08. The van der Waals surface area contributed by atoms with Gasteiger partial charge in [0.1, 0.15) is 5.75 Å². The number of ether oxygens (including phenoxy) is 3. The zero-order valence-corrected chi connectivity index (χ0v) is 16.7. The molecular formula is C20H19N3O5S. The summed E-state index contributed by atoms with van der Waals surface area (Å²) in [4.78, 5) is 13.3. The van der Waals surface area contributed by atoms with Gasteiger partial charge in [-0.3, -0.25) is 0 Å². The molecule has 1 aliphatic rings. The van der Waals surface area contributed by atoms with E-state index in [1.54, 1.807) is 22.6 Å². The fourth-order valence-electron chi connectivity index (χ4n) is 2.83. The Hall–Kier alpha value is -3.20. The van der Waals surface area contributed by atoms with Gasteiger partial charge in [-0.1, -0.05) is 0 Å². The Labute approximate surface area is 171 Å². The second-order valence-corrected chi connectivity index (χ2v) is 7.51. The molecule has 0 spiro atoms. The highest BCUT2D eigenvalue weighted by Gasteiger charge is 2.16. The third kappa shape index (κ3) is 4.29. The molecule has 29 heavy (non-hydrogen) atoms. The number of aromatic nitrogens is 3. The summed E-state index contributed by atoms with van der Waals surface area (Å²) in [7, 11) is 0. The standard InChI is InChI=1S/C20H19N3O5S/c1-12-7-15(4-6-17(12)26-9-20(24)25)29-10-16-13(2)21-23(22-16)14-3-5-18-19(8-14)28-11-27-18/h3-8H,9-11H2,1-2H3,(H,24,25). The molecule has 4 rings (SSSR count). The van der Waals surface area contributed by atoms with Crippen LogP contribution >= 0.6 is 11.8 Å². The van der Waals surface area contributed by atoms with Gasteiger partial charge in [-0.2, -0.15) is 15.0 Å². The second-order valence-electron chi connectivity index (χ2n) is 6.46. The van der Waals surface area contributed by atoms with Crippen molar-refractivity contribution in [1.29, 1.82) is 0 Å². The number of nitrogens with zero attached hydrogens (tertiary/aromatic N) is 3. The highest BCUT2D eigenvalue weighted by atomic mass is 32.2. The Morgan fingerprint density at radius 2 is 2.00 bits per heavy atom. The predicted molar refractivity (Wildman–Crippen MR) is 106 cm³/mol. The van der Waals surface area contributed by atoms with Gasteiger partial charge in [0.15, 0.2) is 18.1 Å². The molecule has 0 unspecified atom stereocenters. The minimum absolute atomic E-state index is 0.228. The Morgan fingerprint density at radius 3 is 2.79 bits per heavy atom. The third-order valence-corrected chi connectivity index (χ3v) is 5.34. The minimum atomic E-state index is -0.996. The van der Waals surface area contributed by atoms with Crippen molar-refractivity contribution in [3.8, 4) is 22.9 Å². The largest absolute Gasteiger partial charge is 0.482 e. The monoisotopic (exact) mass is 413 g/mol. The van der Waals surface area contributed by atoms with Crippen molar-refractivity contribution in [2.24, 2.45) is 0 Å². The highest BCUT2D eigenvalue weighted by Crippen LogP contribution is 2.33. The molecule has 1 N–H and O–H groups in total. The molecule has 0 saturated heterocycles. The number of thioether (sulfide) groups is 1. The number of rotatable bonds is 7.